The Morgan fingerprint density at radius 1 is 0.957 bits per heavy atom. The Labute approximate surface area is 143 Å². The Morgan fingerprint density at radius 2 is 1.65 bits per heavy atom. The predicted octanol–water partition coefficient (Wildman–Crippen LogP) is 3.12. The maximum Gasteiger partial charge on any atom is 0.191 e. The standard InChI is InChI=1S/C15H17ClN6S/c1-4-12-17-18-13(21(12)2)9-23-15-20-19-14(22(15)3)10-5-7-11(16)8-6-10/h5-8H,4,9H2,1-3H3. The van der Waals surface area contributed by atoms with E-state index in [1.54, 1.807) is 11.8 Å². The van der Waals surface area contributed by atoms with E-state index in [1.165, 1.54) is 0 Å². The van der Waals surface area contributed by atoms with E-state index in [2.05, 4.69) is 27.3 Å². The highest BCUT2D eigenvalue weighted by Gasteiger charge is 2.13. The molecule has 0 spiro atoms. The van der Waals surface area contributed by atoms with Crippen molar-refractivity contribution in [2.45, 2.75) is 24.3 Å². The van der Waals surface area contributed by atoms with Crippen molar-refractivity contribution in [1.82, 2.24) is 29.5 Å². The molecule has 6 nitrogen and oxygen atoms in total. The average Bonchev–Trinajstić information content (AvgIpc) is 3.09. The smallest absolute Gasteiger partial charge is 0.191 e. The maximum absolute atomic E-state index is 5.93. The van der Waals surface area contributed by atoms with Gasteiger partial charge in [0.2, 0.25) is 0 Å². The largest absolute Gasteiger partial charge is 0.317 e. The lowest BCUT2D eigenvalue weighted by Crippen LogP contribution is -2.01. The fraction of sp³-hybridized carbons (Fsp3) is 0.333. The minimum Gasteiger partial charge on any atom is -0.317 e. The van der Waals surface area contributed by atoms with Crippen LogP contribution in [0.2, 0.25) is 5.02 Å². The van der Waals surface area contributed by atoms with Crippen molar-refractivity contribution in [3.8, 4) is 11.4 Å². The Morgan fingerprint density at radius 3 is 2.30 bits per heavy atom. The highest BCUT2D eigenvalue weighted by molar-refractivity contribution is 7.98. The first-order valence-corrected chi connectivity index (χ1v) is 8.61. The number of benzene rings is 1. The second-order valence-electron chi connectivity index (χ2n) is 5.11. The molecule has 3 aromatic rings. The van der Waals surface area contributed by atoms with Crippen LogP contribution in [0, 0.1) is 0 Å². The molecular weight excluding hydrogens is 332 g/mol. The summed E-state index contributed by atoms with van der Waals surface area (Å²) in [6.07, 6.45) is 0.874. The molecule has 0 unspecified atom stereocenters. The molecule has 0 N–H and O–H groups in total. The summed E-state index contributed by atoms with van der Waals surface area (Å²) < 4.78 is 4.01. The molecule has 0 bridgehead atoms. The molecule has 1 aromatic carbocycles. The van der Waals surface area contributed by atoms with Gasteiger partial charge in [-0.2, -0.15) is 0 Å². The van der Waals surface area contributed by atoms with Crippen LogP contribution in [0.3, 0.4) is 0 Å². The number of hydrogen-bond acceptors (Lipinski definition) is 5. The van der Waals surface area contributed by atoms with Gasteiger partial charge in [-0.05, 0) is 24.3 Å². The van der Waals surface area contributed by atoms with Gasteiger partial charge in [-0.15, -0.1) is 20.4 Å². The van der Waals surface area contributed by atoms with Crippen molar-refractivity contribution in [3.05, 3.63) is 40.9 Å². The fourth-order valence-corrected chi connectivity index (χ4v) is 3.27. The number of thioether (sulfide) groups is 1. The van der Waals surface area contributed by atoms with E-state index in [9.17, 15) is 0 Å². The average molecular weight is 349 g/mol. The van der Waals surface area contributed by atoms with Crippen molar-refractivity contribution in [2.24, 2.45) is 14.1 Å². The Balaban J connectivity index is 1.77. The lowest BCUT2D eigenvalue weighted by Gasteiger charge is -2.04. The van der Waals surface area contributed by atoms with E-state index < -0.39 is 0 Å². The van der Waals surface area contributed by atoms with Gasteiger partial charge >= 0.3 is 0 Å². The molecule has 8 heteroatoms. The first-order valence-electron chi connectivity index (χ1n) is 7.25. The molecule has 0 aliphatic carbocycles. The van der Waals surface area contributed by atoms with Crippen molar-refractivity contribution in [3.63, 3.8) is 0 Å². The Hall–Kier alpha value is -1.86. The molecule has 0 fully saturated rings. The van der Waals surface area contributed by atoms with Crippen molar-refractivity contribution in [2.75, 3.05) is 0 Å². The number of aryl methyl sites for hydroxylation is 1. The zero-order valence-electron chi connectivity index (χ0n) is 13.2. The van der Waals surface area contributed by atoms with Crippen LogP contribution < -0.4 is 0 Å². The molecule has 0 aliphatic rings. The molecule has 0 saturated carbocycles. The molecule has 2 heterocycles. The summed E-state index contributed by atoms with van der Waals surface area (Å²) in [5, 5.41) is 18.5. The molecule has 0 aliphatic heterocycles. The summed E-state index contributed by atoms with van der Waals surface area (Å²) in [5.41, 5.74) is 0.989. The van der Waals surface area contributed by atoms with E-state index in [0.29, 0.717) is 10.8 Å². The number of rotatable bonds is 5. The highest BCUT2D eigenvalue weighted by Crippen LogP contribution is 2.25. The molecule has 0 saturated heterocycles. The normalized spacial score (nSPS) is 11.1. The topological polar surface area (TPSA) is 61.4 Å². The molecular formula is C15H17ClN6S. The molecule has 0 atom stereocenters. The summed E-state index contributed by atoms with van der Waals surface area (Å²) >= 11 is 7.53. The third kappa shape index (κ3) is 3.25. The third-order valence-electron chi connectivity index (χ3n) is 3.64. The summed E-state index contributed by atoms with van der Waals surface area (Å²) in [6, 6.07) is 7.59. The molecule has 3 rings (SSSR count). The summed E-state index contributed by atoms with van der Waals surface area (Å²) in [5.74, 6) is 3.44. The number of nitrogens with zero attached hydrogens (tertiary/aromatic N) is 6. The zero-order chi connectivity index (χ0) is 16.4. The van der Waals surface area contributed by atoms with E-state index in [-0.39, 0.29) is 0 Å². The van der Waals surface area contributed by atoms with Crippen molar-refractivity contribution in [1.29, 1.82) is 0 Å². The minimum absolute atomic E-state index is 0.704. The number of aromatic nitrogens is 6. The lowest BCUT2D eigenvalue weighted by atomic mass is 10.2. The molecule has 0 radical (unpaired) electrons. The quantitative estimate of drug-likeness (QED) is 0.663. The second kappa shape index (κ2) is 6.72. The summed E-state index contributed by atoms with van der Waals surface area (Å²) in [7, 11) is 3.95. The van der Waals surface area contributed by atoms with Crippen LogP contribution in [0.25, 0.3) is 11.4 Å². The van der Waals surface area contributed by atoms with Crippen LogP contribution in [0.4, 0.5) is 0 Å². The number of hydrogen-bond donors (Lipinski definition) is 0. The van der Waals surface area contributed by atoms with Gasteiger partial charge in [0.05, 0.1) is 5.75 Å². The molecule has 120 valence electrons. The monoisotopic (exact) mass is 348 g/mol. The van der Waals surface area contributed by atoms with Crippen LogP contribution in [0.1, 0.15) is 18.6 Å². The van der Waals surface area contributed by atoms with E-state index >= 15 is 0 Å². The van der Waals surface area contributed by atoms with Crippen LogP contribution in [-0.2, 0) is 26.3 Å². The van der Waals surface area contributed by atoms with Gasteiger partial charge in [-0.25, -0.2) is 0 Å². The summed E-state index contributed by atoms with van der Waals surface area (Å²) in [6.45, 7) is 2.07. The maximum atomic E-state index is 5.93. The van der Waals surface area contributed by atoms with Crippen molar-refractivity contribution >= 4 is 23.4 Å². The van der Waals surface area contributed by atoms with Crippen LogP contribution in [0.15, 0.2) is 29.4 Å². The number of halogens is 1. The van der Waals surface area contributed by atoms with Crippen molar-refractivity contribution < 1.29 is 0 Å². The van der Waals surface area contributed by atoms with Crippen LogP contribution in [-0.4, -0.2) is 29.5 Å². The van der Waals surface area contributed by atoms with Gasteiger partial charge in [0.15, 0.2) is 11.0 Å². The Kier molecular flexibility index (Phi) is 4.68. The molecule has 0 amide bonds. The van der Waals surface area contributed by atoms with Gasteiger partial charge in [0.1, 0.15) is 11.6 Å². The molecule has 23 heavy (non-hydrogen) atoms. The highest BCUT2D eigenvalue weighted by atomic mass is 35.5. The van der Waals surface area contributed by atoms with E-state index in [4.69, 9.17) is 11.6 Å². The van der Waals surface area contributed by atoms with Gasteiger partial charge in [-0.1, -0.05) is 30.3 Å². The minimum atomic E-state index is 0.704. The van der Waals surface area contributed by atoms with Crippen LogP contribution >= 0.6 is 23.4 Å². The van der Waals surface area contributed by atoms with E-state index in [1.807, 2.05) is 47.5 Å². The summed E-state index contributed by atoms with van der Waals surface area (Å²) in [4.78, 5) is 0. The first-order chi connectivity index (χ1) is 11.1. The van der Waals surface area contributed by atoms with Gasteiger partial charge < -0.3 is 9.13 Å². The SMILES string of the molecule is CCc1nnc(CSc2nnc(-c3ccc(Cl)cc3)n2C)n1C. The molecule has 2 aromatic heterocycles. The lowest BCUT2D eigenvalue weighted by molar-refractivity contribution is 0.774. The van der Waals surface area contributed by atoms with Gasteiger partial charge in [0, 0.05) is 31.1 Å². The van der Waals surface area contributed by atoms with Gasteiger partial charge in [-0.3, -0.25) is 0 Å². The van der Waals surface area contributed by atoms with Crippen LogP contribution in [0.5, 0.6) is 0 Å². The predicted molar refractivity (Wildman–Crippen MR) is 91.4 cm³/mol. The Bertz CT molecular complexity index is 808. The first kappa shape index (κ1) is 16.0. The fourth-order valence-electron chi connectivity index (χ4n) is 2.25. The zero-order valence-corrected chi connectivity index (χ0v) is 14.8. The third-order valence-corrected chi connectivity index (χ3v) is 4.91. The van der Waals surface area contributed by atoms with Gasteiger partial charge in [0.25, 0.3) is 0 Å². The second-order valence-corrected chi connectivity index (χ2v) is 6.48. The van der Waals surface area contributed by atoms with E-state index in [0.717, 1.165) is 34.6 Å².